The third-order valence-electron chi connectivity index (χ3n) is 5.51. The van der Waals surface area contributed by atoms with Crippen molar-refractivity contribution in [2.24, 2.45) is 5.92 Å². The SMILES string of the molecule is CCCCN1C(=O)CC[C@@H](C(=O)Nc2nc(C)c(C)s2)[C@H]1c1ccccc1OC. The predicted octanol–water partition coefficient (Wildman–Crippen LogP) is 4.49. The molecular weight excluding hydrogens is 386 g/mol. The van der Waals surface area contributed by atoms with Crippen LogP contribution in [0.4, 0.5) is 5.13 Å². The molecule has 0 unspecified atom stereocenters. The van der Waals surface area contributed by atoms with E-state index >= 15 is 0 Å². The molecule has 2 atom stereocenters. The third kappa shape index (κ3) is 4.61. The van der Waals surface area contributed by atoms with Gasteiger partial charge in [0.1, 0.15) is 5.75 Å². The standard InChI is InChI=1S/C22H29N3O3S/c1-5-6-13-25-19(26)12-11-17(20(25)16-9-7-8-10-18(16)28-4)21(27)24-22-23-14(2)15(3)29-22/h7-10,17,20H,5-6,11-13H2,1-4H3,(H,23,24,27)/t17-,20-/m1/s1. The van der Waals surface area contributed by atoms with E-state index in [0.29, 0.717) is 30.3 Å². The zero-order valence-corrected chi connectivity index (χ0v) is 18.3. The first-order valence-electron chi connectivity index (χ1n) is 10.1. The number of piperidine rings is 1. The minimum atomic E-state index is -0.356. The molecule has 1 fully saturated rings. The van der Waals surface area contributed by atoms with Gasteiger partial charge in [-0.05, 0) is 32.8 Å². The van der Waals surface area contributed by atoms with Crippen molar-refractivity contribution < 1.29 is 14.3 Å². The zero-order valence-electron chi connectivity index (χ0n) is 17.5. The number of amides is 2. The van der Waals surface area contributed by atoms with Crippen molar-refractivity contribution in [3.63, 3.8) is 0 Å². The summed E-state index contributed by atoms with van der Waals surface area (Å²) in [5.41, 5.74) is 1.81. The predicted molar refractivity (Wildman–Crippen MR) is 115 cm³/mol. The van der Waals surface area contributed by atoms with Gasteiger partial charge in [0.2, 0.25) is 11.8 Å². The second-order valence-electron chi connectivity index (χ2n) is 7.42. The van der Waals surface area contributed by atoms with Crippen LogP contribution in [0.5, 0.6) is 5.75 Å². The summed E-state index contributed by atoms with van der Waals surface area (Å²) in [6.45, 7) is 6.66. The molecule has 2 heterocycles. The number of hydrogen-bond acceptors (Lipinski definition) is 5. The molecule has 1 aliphatic heterocycles. The van der Waals surface area contributed by atoms with Gasteiger partial charge < -0.3 is 15.0 Å². The Morgan fingerprint density at radius 3 is 2.76 bits per heavy atom. The van der Waals surface area contributed by atoms with E-state index in [-0.39, 0.29) is 23.8 Å². The topological polar surface area (TPSA) is 71.5 Å². The van der Waals surface area contributed by atoms with Crippen LogP contribution in [0.3, 0.4) is 0 Å². The summed E-state index contributed by atoms with van der Waals surface area (Å²) >= 11 is 1.48. The van der Waals surface area contributed by atoms with Crippen molar-refractivity contribution in [1.82, 2.24) is 9.88 Å². The quantitative estimate of drug-likeness (QED) is 0.723. The molecule has 0 saturated carbocycles. The second-order valence-corrected chi connectivity index (χ2v) is 8.63. The first kappa shape index (κ1) is 21.3. The maximum absolute atomic E-state index is 13.3. The van der Waals surface area contributed by atoms with Gasteiger partial charge in [-0.2, -0.15) is 0 Å². The van der Waals surface area contributed by atoms with E-state index in [2.05, 4.69) is 17.2 Å². The number of para-hydroxylation sites is 1. The highest BCUT2D eigenvalue weighted by molar-refractivity contribution is 7.15. The number of aryl methyl sites for hydroxylation is 2. The molecule has 0 radical (unpaired) electrons. The molecule has 1 aliphatic rings. The number of methoxy groups -OCH3 is 1. The van der Waals surface area contributed by atoms with Crippen molar-refractivity contribution in [2.45, 2.75) is 52.5 Å². The highest BCUT2D eigenvalue weighted by Gasteiger charge is 2.41. The normalized spacial score (nSPS) is 19.3. The fraction of sp³-hybridized carbons (Fsp3) is 0.500. The smallest absolute Gasteiger partial charge is 0.231 e. The summed E-state index contributed by atoms with van der Waals surface area (Å²) in [5.74, 6) is 0.348. The van der Waals surface area contributed by atoms with Gasteiger partial charge in [0.15, 0.2) is 5.13 Å². The molecule has 1 aromatic carbocycles. The average Bonchev–Trinajstić information content (AvgIpc) is 3.03. The lowest BCUT2D eigenvalue weighted by atomic mass is 9.83. The fourth-order valence-electron chi connectivity index (χ4n) is 3.84. The molecule has 3 rings (SSSR count). The van der Waals surface area contributed by atoms with Crippen LogP contribution >= 0.6 is 11.3 Å². The van der Waals surface area contributed by atoms with Crippen LogP contribution in [0.2, 0.25) is 0 Å². The number of nitrogens with one attached hydrogen (secondary N) is 1. The maximum Gasteiger partial charge on any atom is 0.231 e. The van der Waals surface area contributed by atoms with Crippen LogP contribution in [0, 0.1) is 19.8 Å². The number of aromatic nitrogens is 1. The zero-order chi connectivity index (χ0) is 21.0. The first-order valence-corrected chi connectivity index (χ1v) is 10.9. The molecule has 1 N–H and O–H groups in total. The molecule has 1 aromatic heterocycles. The fourth-order valence-corrected chi connectivity index (χ4v) is 4.66. The summed E-state index contributed by atoms with van der Waals surface area (Å²) in [7, 11) is 1.62. The average molecular weight is 416 g/mol. The van der Waals surface area contributed by atoms with Gasteiger partial charge in [-0.25, -0.2) is 4.98 Å². The Hall–Kier alpha value is -2.41. The number of ether oxygens (including phenoxy) is 1. The Balaban J connectivity index is 1.95. The van der Waals surface area contributed by atoms with E-state index in [0.717, 1.165) is 29.0 Å². The number of carbonyl (C=O) groups excluding carboxylic acids is 2. The number of benzene rings is 1. The number of unbranched alkanes of at least 4 members (excludes halogenated alkanes) is 1. The third-order valence-corrected chi connectivity index (χ3v) is 6.50. The van der Waals surface area contributed by atoms with E-state index in [4.69, 9.17) is 4.74 Å². The molecule has 7 heteroatoms. The van der Waals surface area contributed by atoms with Crippen LogP contribution < -0.4 is 10.1 Å². The van der Waals surface area contributed by atoms with Crippen LogP contribution in [0.1, 0.15) is 54.8 Å². The van der Waals surface area contributed by atoms with Gasteiger partial charge in [0.25, 0.3) is 0 Å². The van der Waals surface area contributed by atoms with Gasteiger partial charge in [-0.15, -0.1) is 11.3 Å². The Morgan fingerprint density at radius 2 is 2.10 bits per heavy atom. The molecule has 0 aliphatic carbocycles. The number of likely N-dealkylation sites (tertiary alicyclic amines) is 1. The van der Waals surface area contributed by atoms with Gasteiger partial charge in [-0.3, -0.25) is 9.59 Å². The largest absolute Gasteiger partial charge is 0.496 e. The van der Waals surface area contributed by atoms with Gasteiger partial charge in [0, 0.05) is 23.4 Å². The lowest BCUT2D eigenvalue weighted by Crippen LogP contribution is -2.47. The summed E-state index contributed by atoms with van der Waals surface area (Å²) in [6, 6.07) is 7.33. The van der Waals surface area contributed by atoms with Crippen molar-refractivity contribution in [3.05, 3.63) is 40.4 Å². The number of carbonyl (C=O) groups is 2. The van der Waals surface area contributed by atoms with Crippen molar-refractivity contribution >= 4 is 28.3 Å². The van der Waals surface area contributed by atoms with Crippen LogP contribution in [0.25, 0.3) is 0 Å². The van der Waals surface area contributed by atoms with Gasteiger partial charge >= 0.3 is 0 Å². The van der Waals surface area contributed by atoms with Crippen molar-refractivity contribution in [3.8, 4) is 5.75 Å². The minimum absolute atomic E-state index is 0.0938. The number of thiazole rings is 1. The van der Waals surface area contributed by atoms with Crippen molar-refractivity contribution in [2.75, 3.05) is 19.0 Å². The first-order chi connectivity index (χ1) is 14.0. The Bertz CT molecular complexity index is 860. The molecular formula is C22H29N3O3S. The monoisotopic (exact) mass is 415 g/mol. The van der Waals surface area contributed by atoms with Crippen LogP contribution in [-0.2, 0) is 9.59 Å². The van der Waals surface area contributed by atoms with Gasteiger partial charge in [-0.1, -0.05) is 31.5 Å². The highest BCUT2D eigenvalue weighted by atomic mass is 32.1. The van der Waals surface area contributed by atoms with E-state index in [1.165, 1.54) is 11.3 Å². The summed E-state index contributed by atoms with van der Waals surface area (Å²) in [6.07, 6.45) is 2.77. The van der Waals surface area contributed by atoms with Crippen LogP contribution in [0.15, 0.2) is 24.3 Å². The Morgan fingerprint density at radius 1 is 1.34 bits per heavy atom. The minimum Gasteiger partial charge on any atom is -0.496 e. The molecule has 29 heavy (non-hydrogen) atoms. The molecule has 2 amide bonds. The summed E-state index contributed by atoms with van der Waals surface area (Å²) in [5, 5.41) is 3.60. The number of nitrogens with zero attached hydrogens (tertiary/aromatic N) is 2. The van der Waals surface area contributed by atoms with E-state index in [9.17, 15) is 9.59 Å². The van der Waals surface area contributed by atoms with Crippen molar-refractivity contribution in [1.29, 1.82) is 0 Å². The Labute approximate surface area is 176 Å². The number of anilines is 1. The molecule has 0 bridgehead atoms. The lowest BCUT2D eigenvalue weighted by Gasteiger charge is -2.41. The molecule has 2 aromatic rings. The van der Waals surface area contributed by atoms with Gasteiger partial charge in [0.05, 0.1) is 24.8 Å². The summed E-state index contributed by atoms with van der Waals surface area (Å²) in [4.78, 5) is 33.5. The van der Waals surface area contributed by atoms with Crippen LogP contribution in [-0.4, -0.2) is 35.4 Å². The molecule has 1 saturated heterocycles. The number of rotatable bonds is 7. The van der Waals surface area contributed by atoms with E-state index in [1.807, 2.05) is 43.0 Å². The highest BCUT2D eigenvalue weighted by Crippen LogP contribution is 2.41. The maximum atomic E-state index is 13.3. The summed E-state index contributed by atoms with van der Waals surface area (Å²) < 4.78 is 5.57. The molecule has 6 nitrogen and oxygen atoms in total. The number of hydrogen-bond donors (Lipinski definition) is 1. The molecule has 156 valence electrons. The molecule has 0 spiro atoms. The Kier molecular flexibility index (Phi) is 6.90. The van der Waals surface area contributed by atoms with E-state index < -0.39 is 0 Å². The second kappa shape index (κ2) is 9.39. The lowest BCUT2D eigenvalue weighted by molar-refractivity contribution is -0.142. The van der Waals surface area contributed by atoms with E-state index in [1.54, 1.807) is 7.11 Å².